The molecule has 35 heavy (non-hydrogen) atoms. The lowest BCUT2D eigenvalue weighted by molar-refractivity contribution is -0.121. The monoisotopic (exact) mass is 547 g/mol. The van der Waals surface area contributed by atoms with E-state index in [2.05, 4.69) is 46.5 Å². The van der Waals surface area contributed by atoms with Crippen molar-refractivity contribution in [3.05, 3.63) is 45.2 Å². The molecule has 1 saturated carbocycles. The van der Waals surface area contributed by atoms with Gasteiger partial charge in [0.15, 0.2) is 11.6 Å². The first kappa shape index (κ1) is 24.8. The molecule has 0 aliphatic heterocycles. The summed E-state index contributed by atoms with van der Waals surface area (Å²) in [6, 6.07) is 1.58. The van der Waals surface area contributed by atoms with Gasteiger partial charge in [-0.1, -0.05) is 10.3 Å². The minimum atomic E-state index is -1.64. The van der Waals surface area contributed by atoms with Gasteiger partial charge in [0.05, 0.1) is 16.6 Å². The number of halogens is 1. The number of aryl methyl sites for hydroxylation is 2. The van der Waals surface area contributed by atoms with Crippen LogP contribution in [0.1, 0.15) is 73.1 Å². The summed E-state index contributed by atoms with van der Waals surface area (Å²) in [6.45, 7) is 8.65. The molecule has 0 spiro atoms. The topological polar surface area (TPSA) is 172 Å². The molecule has 3 aromatic rings. The van der Waals surface area contributed by atoms with Crippen molar-refractivity contribution in [1.29, 1.82) is 0 Å². The number of hydrogen-bond donors (Lipinski definition) is 2. The summed E-state index contributed by atoms with van der Waals surface area (Å²) in [7, 11) is 0. The van der Waals surface area contributed by atoms with Crippen molar-refractivity contribution in [2.45, 2.75) is 58.4 Å². The van der Waals surface area contributed by atoms with Crippen LogP contribution in [-0.4, -0.2) is 43.7 Å². The van der Waals surface area contributed by atoms with Gasteiger partial charge in [0, 0.05) is 19.4 Å². The Kier molecular flexibility index (Phi) is 6.38. The number of hydrogen-bond acceptors (Lipinski definition) is 10. The fourth-order valence-corrected chi connectivity index (χ4v) is 3.86. The van der Waals surface area contributed by atoms with E-state index in [4.69, 9.17) is 19.5 Å². The molecule has 0 aromatic carbocycles. The standard InChI is InChI=1S/C22H26BrN7O5/c1-10-25-19(29-34-10)21(3,4)28-16(31)15-13(8-14(23)17(27-15)33-9-12-6-7-12)22(5,18(24)32)20-26-11(2)35-30-20/h8,12H,6-7,9H2,1-5H3,(H2,24,32)(H,28,31). The van der Waals surface area contributed by atoms with Crippen LogP contribution >= 0.6 is 15.9 Å². The smallest absolute Gasteiger partial charge is 0.271 e. The summed E-state index contributed by atoms with van der Waals surface area (Å²) in [5.41, 5.74) is 3.26. The summed E-state index contributed by atoms with van der Waals surface area (Å²) in [5.74, 6) is 0.153. The highest BCUT2D eigenvalue weighted by molar-refractivity contribution is 9.10. The van der Waals surface area contributed by atoms with E-state index >= 15 is 0 Å². The number of nitrogens with two attached hydrogens (primary N) is 1. The predicted molar refractivity (Wildman–Crippen MR) is 124 cm³/mol. The molecule has 1 aliphatic rings. The highest BCUT2D eigenvalue weighted by Crippen LogP contribution is 2.38. The quantitative estimate of drug-likeness (QED) is 0.405. The number of aromatic nitrogens is 5. The van der Waals surface area contributed by atoms with Gasteiger partial charge in [-0.25, -0.2) is 4.98 Å². The van der Waals surface area contributed by atoms with Crippen LogP contribution in [0.5, 0.6) is 5.88 Å². The SMILES string of the molecule is Cc1nc(C(C)(C)NC(=O)c2nc(OCC3CC3)c(Br)cc2C(C)(C(N)=O)c2noc(C)n2)no1. The zero-order valence-electron chi connectivity index (χ0n) is 20.0. The first-order chi connectivity index (χ1) is 16.4. The van der Waals surface area contributed by atoms with E-state index in [1.165, 1.54) is 6.92 Å². The molecule has 1 unspecified atom stereocenters. The van der Waals surface area contributed by atoms with Gasteiger partial charge in [-0.2, -0.15) is 9.97 Å². The molecule has 0 bridgehead atoms. The second-order valence-electron chi connectivity index (χ2n) is 9.27. The second-order valence-corrected chi connectivity index (χ2v) is 10.1. The Labute approximate surface area is 209 Å². The Morgan fingerprint density at radius 2 is 1.71 bits per heavy atom. The van der Waals surface area contributed by atoms with Gasteiger partial charge in [-0.05, 0) is 61.5 Å². The number of nitrogens with zero attached hydrogens (tertiary/aromatic N) is 5. The summed E-state index contributed by atoms with van der Waals surface area (Å²) in [6.07, 6.45) is 2.16. The predicted octanol–water partition coefficient (Wildman–Crippen LogP) is 2.47. The van der Waals surface area contributed by atoms with Crippen LogP contribution in [0, 0.1) is 19.8 Å². The first-order valence-electron chi connectivity index (χ1n) is 11.0. The molecule has 0 radical (unpaired) electrons. The molecule has 2 amide bonds. The van der Waals surface area contributed by atoms with Crippen LogP contribution in [0.25, 0.3) is 0 Å². The lowest BCUT2D eigenvalue weighted by Gasteiger charge is -2.27. The van der Waals surface area contributed by atoms with Crippen LogP contribution in [0.4, 0.5) is 0 Å². The van der Waals surface area contributed by atoms with E-state index in [9.17, 15) is 9.59 Å². The third kappa shape index (κ3) is 4.90. The van der Waals surface area contributed by atoms with Crippen molar-refractivity contribution in [1.82, 2.24) is 30.6 Å². The maximum absolute atomic E-state index is 13.6. The Morgan fingerprint density at radius 3 is 2.23 bits per heavy atom. The molecule has 12 nitrogen and oxygen atoms in total. The third-order valence-electron chi connectivity index (χ3n) is 5.83. The van der Waals surface area contributed by atoms with Gasteiger partial charge in [0.2, 0.25) is 23.6 Å². The molecule has 0 saturated heterocycles. The molecule has 4 rings (SSSR count). The Morgan fingerprint density at radius 1 is 1.11 bits per heavy atom. The van der Waals surface area contributed by atoms with E-state index in [1.54, 1.807) is 33.8 Å². The first-order valence-corrected chi connectivity index (χ1v) is 11.8. The second kappa shape index (κ2) is 9.02. The summed E-state index contributed by atoms with van der Waals surface area (Å²) in [4.78, 5) is 39.4. The van der Waals surface area contributed by atoms with E-state index in [-0.39, 0.29) is 34.7 Å². The third-order valence-corrected chi connectivity index (χ3v) is 6.40. The molecule has 1 aliphatic carbocycles. The number of nitrogens with one attached hydrogen (secondary N) is 1. The Bertz CT molecular complexity index is 1280. The molecule has 186 valence electrons. The highest BCUT2D eigenvalue weighted by atomic mass is 79.9. The largest absolute Gasteiger partial charge is 0.477 e. The number of amides is 2. The highest BCUT2D eigenvalue weighted by Gasteiger charge is 2.45. The fraction of sp³-hybridized carbons (Fsp3) is 0.500. The maximum atomic E-state index is 13.6. The molecule has 1 fully saturated rings. The maximum Gasteiger partial charge on any atom is 0.271 e. The van der Waals surface area contributed by atoms with E-state index in [1.807, 2.05) is 0 Å². The molecule has 3 N–H and O–H groups in total. The molecule has 3 heterocycles. The van der Waals surface area contributed by atoms with E-state index < -0.39 is 22.8 Å². The van der Waals surface area contributed by atoms with Gasteiger partial charge in [0.1, 0.15) is 11.1 Å². The van der Waals surface area contributed by atoms with E-state index in [0.29, 0.717) is 22.9 Å². The number of rotatable bonds is 9. The number of pyridine rings is 1. The van der Waals surface area contributed by atoms with Crippen molar-refractivity contribution in [2.75, 3.05) is 6.61 Å². The van der Waals surface area contributed by atoms with Gasteiger partial charge in [-0.3, -0.25) is 9.59 Å². The number of carbonyl (C=O) groups excluding carboxylic acids is 2. The van der Waals surface area contributed by atoms with Gasteiger partial charge in [0.25, 0.3) is 5.91 Å². The van der Waals surface area contributed by atoms with Crippen molar-refractivity contribution in [3.8, 4) is 5.88 Å². The lowest BCUT2D eigenvalue weighted by Crippen LogP contribution is -2.46. The van der Waals surface area contributed by atoms with Crippen molar-refractivity contribution in [2.24, 2.45) is 11.7 Å². The van der Waals surface area contributed by atoms with Crippen LogP contribution < -0.4 is 15.8 Å². The molecule has 3 aromatic heterocycles. The number of primary amides is 1. The minimum Gasteiger partial charge on any atom is -0.477 e. The van der Waals surface area contributed by atoms with E-state index in [0.717, 1.165) is 12.8 Å². The lowest BCUT2D eigenvalue weighted by atomic mass is 9.79. The molecule has 13 heteroatoms. The van der Waals surface area contributed by atoms with Gasteiger partial charge >= 0.3 is 0 Å². The normalized spacial score (nSPS) is 15.5. The summed E-state index contributed by atoms with van der Waals surface area (Å²) in [5, 5.41) is 10.7. The van der Waals surface area contributed by atoms with Gasteiger partial charge < -0.3 is 24.8 Å². The average Bonchev–Trinajstić information content (AvgIpc) is 3.33. The van der Waals surface area contributed by atoms with Crippen molar-refractivity contribution >= 4 is 27.7 Å². The Hall–Kier alpha value is -3.35. The molecule has 1 atom stereocenters. The van der Waals surface area contributed by atoms with Gasteiger partial charge in [-0.15, -0.1) is 0 Å². The van der Waals surface area contributed by atoms with Crippen LogP contribution in [0.15, 0.2) is 19.6 Å². The number of carbonyl (C=O) groups is 2. The number of ether oxygens (including phenoxy) is 1. The van der Waals surface area contributed by atoms with Crippen molar-refractivity contribution < 1.29 is 23.4 Å². The van der Waals surface area contributed by atoms with Crippen LogP contribution in [0.3, 0.4) is 0 Å². The average molecular weight is 548 g/mol. The summed E-state index contributed by atoms with van der Waals surface area (Å²) < 4.78 is 16.5. The summed E-state index contributed by atoms with van der Waals surface area (Å²) >= 11 is 3.45. The van der Waals surface area contributed by atoms with Crippen molar-refractivity contribution in [3.63, 3.8) is 0 Å². The Balaban J connectivity index is 1.81. The zero-order chi connectivity index (χ0) is 25.5. The minimum absolute atomic E-state index is 0.00458. The zero-order valence-corrected chi connectivity index (χ0v) is 21.6. The van der Waals surface area contributed by atoms with Crippen LogP contribution in [-0.2, 0) is 15.7 Å². The fourth-order valence-electron chi connectivity index (χ4n) is 3.43. The van der Waals surface area contributed by atoms with Crippen LogP contribution in [0.2, 0.25) is 0 Å². The molecular formula is C22H26BrN7O5. The molecular weight excluding hydrogens is 522 g/mol.